The Kier molecular flexibility index (Phi) is 8.40. The average molecular weight is 620 g/mol. The molecule has 0 N–H and O–H groups in total. The fraction of sp³-hybridized carbons (Fsp3) is 0.308. The molecule has 0 saturated carbocycles. The van der Waals surface area contributed by atoms with E-state index in [0.717, 1.165) is 0 Å². The number of hydrogen-bond acceptors (Lipinski definition) is 6. The van der Waals surface area contributed by atoms with Gasteiger partial charge in [-0.3, -0.25) is 0 Å². The van der Waals surface area contributed by atoms with Gasteiger partial charge in [-0.25, -0.2) is 29.4 Å². The van der Waals surface area contributed by atoms with E-state index in [9.17, 15) is 9.59 Å². The van der Waals surface area contributed by atoms with Gasteiger partial charge in [0.05, 0.1) is 11.4 Å². The van der Waals surface area contributed by atoms with Gasteiger partial charge in [0.15, 0.2) is 0 Å². The SMILES string of the molecule is CC(C)(C)OC(=O)N(c1cccc(N(C(=O)OC(C)(C)C)c2cccc(Br)n2)c1)c1cccc(Br)n1. The summed E-state index contributed by atoms with van der Waals surface area (Å²) >= 11 is 6.73. The van der Waals surface area contributed by atoms with Crippen LogP contribution in [0.15, 0.2) is 69.9 Å². The molecule has 0 aliphatic rings. The van der Waals surface area contributed by atoms with Crippen molar-refractivity contribution in [2.75, 3.05) is 9.80 Å². The van der Waals surface area contributed by atoms with Crippen molar-refractivity contribution in [2.45, 2.75) is 52.7 Å². The van der Waals surface area contributed by atoms with Crippen LogP contribution >= 0.6 is 31.9 Å². The summed E-state index contributed by atoms with van der Waals surface area (Å²) in [6.45, 7) is 10.7. The first-order valence-electron chi connectivity index (χ1n) is 11.1. The fourth-order valence-corrected chi connectivity index (χ4v) is 3.76. The predicted octanol–water partition coefficient (Wildman–Crippen LogP) is 8.15. The van der Waals surface area contributed by atoms with Crippen molar-refractivity contribution < 1.29 is 19.1 Å². The van der Waals surface area contributed by atoms with Crippen molar-refractivity contribution >= 4 is 67.1 Å². The number of ether oxygens (including phenoxy) is 2. The van der Waals surface area contributed by atoms with Crippen molar-refractivity contribution in [3.05, 3.63) is 69.9 Å². The first-order chi connectivity index (χ1) is 16.7. The molecule has 1 aromatic carbocycles. The first kappa shape index (κ1) is 27.6. The minimum Gasteiger partial charge on any atom is -0.443 e. The second-order valence-electron chi connectivity index (χ2n) is 9.79. The number of benzene rings is 1. The highest BCUT2D eigenvalue weighted by Gasteiger charge is 2.29. The minimum atomic E-state index is -0.734. The average Bonchev–Trinajstić information content (AvgIpc) is 2.72. The molecule has 3 rings (SSSR count). The van der Waals surface area contributed by atoms with E-state index >= 15 is 0 Å². The molecule has 2 aromatic heterocycles. The Balaban J connectivity index is 2.14. The topological polar surface area (TPSA) is 84.9 Å². The number of anilines is 4. The van der Waals surface area contributed by atoms with E-state index in [0.29, 0.717) is 32.2 Å². The molecule has 0 aliphatic carbocycles. The van der Waals surface area contributed by atoms with Crippen LogP contribution in [0.25, 0.3) is 0 Å². The second-order valence-corrected chi connectivity index (χ2v) is 11.4. The number of nitrogens with zero attached hydrogens (tertiary/aromatic N) is 4. The summed E-state index contributed by atoms with van der Waals surface area (Å²) in [5.41, 5.74) is -0.587. The van der Waals surface area contributed by atoms with Crippen LogP contribution in [-0.4, -0.2) is 33.4 Å². The number of amides is 2. The predicted molar refractivity (Wildman–Crippen MR) is 147 cm³/mol. The first-order valence-corrected chi connectivity index (χ1v) is 12.7. The van der Waals surface area contributed by atoms with Gasteiger partial charge in [0.1, 0.15) is 32.0 Å². The maximum atomic E-state index is 13.3. The summed E-state index contributed by atoms with van der Waals surface area (Å²) in [4.78, 5) is 38.2. The minimum absolute atomic E-state index is 0.347. The summed E-state index contributed by atoms with van der Waals surface area (Å²) in [6, 6.07) is 17.3. The Hall–Kier alpha value is -2.98. The molecule has 0 spiro atoms. The molecule has 0 unspecified atom stereocenters. The van der Waals surface area contributed by atoms with E-state index in [4.69, 9.17) is 9.47 Å². The molecule has 2 amide bonds. The van der Waals surface area contributed by atoms with E-state index in [1.54, 1.807) is 102 Å². The molecule has 8 nitrogen and oxygen atoms in total. The van der Waals surface area contributed by atoms with Crippen LogP contribution in [0.1, 0.15) is 41.5 Å². The Morgan fingerprint density at radius 3 is 1.36 bits per heavy atom. The third-order valence-corrected chi connectivity index (χ3v) is 5.24. The van der Waals surface area contributed by atoms with Gasteiger partial charge in [-0.05, 0) is 116 Å². The molecule has 0 radical (unpaired) electrons. The van der Waals surface area contributed by atoms with Gasteiger partial charge >= 0.3 is 12.2 Å². The molecule has 2 heterocycles. The zero-order valence-electron chi connectivity index (χ0n) is 21.0. The molecule has 0 fully saturated rings. The van der Waals surface area contributed by atoms with E-state index in [-0.39, 0.29) is 0 Å². The molecular formula is C26H28Br2N4O4. The van der Waals surface area contributed by atoms with Crippen molar-refractivity contribution in [1.82, 2.24) is 9.97 Å². The highest BCUT2D eigenvalue weighted by Crippen LogP contribution is 2.34. The van der Waals surface area contributed by atoms with E-state index in [2.05, 4.69) is 41.8 Å². The second kappa shape index (κ2) is 11.0. The molecule has 0 bridgehead atoms. The van der Waals surface area contributed by atoms with Gasteiger partial charge < -0.3 is 9.47 Å². The van der Waals surface area contributed by atoms with Gasteiger partial charge in [0.2, 0.25) is 0 Å². The Bertz CT molecular complexity index is 1160. The van der Waals surface area contributed by atoms with Crippen molar-refractivity contribution in [2.24, 2.45) is 0 Å². The largest absolute Gasteiger partial charge is 0.443 e. The van der Waals surface area contributed by atoms with Crippen LogP contribution in [-0.2, 0) is 9.47 Å². The maximum Gasteiger partial charge on any atom is 0.420 e. The smallest absolute Gasteiger partial charge is 0.420 e. The van der Waals surface area contributed by atoms with Crippen LogP contribution in [0.4, 0.5) is 32.6 Å². The molecular weight excluding hydrogens is 592 g/mol. The lowest BCUT2D eigenvalue weighted by atomic mass is 10.2. The molecule has 0 atom stereocenters. The Morgan fingerprint density at radius 2 is 1.03 bits per heavy atom. The molecule has 190 valence electrons. The summed E-state index contributed by atoms with van der Waals surface area (Å²) in [7, 11) is 0. The molecule has 36 heavy (non-hydrogen) atoms. The van der Waals surface area contributed by atoms with Crippen LogP contribution in [0.3, 0.4) is 0 Å². The zero-order valence-corrected chi connectivity index (χ0v) is 24.1. The van der Waals surface area contributed by atoms with E-state index in [1.165, 1.54) is 9.80 Å². The summed E-state index contributed by atoms with van der Waals surface area (Å²) < 4.78 is 12.4. The Labute approximate surface area is 227 Å². The number of carbonyl (C=O) groups excluding carboxylic acids is 2. The monoisotopic (exact) mass is 618 g/mol. The van der Waals surface area contributed by atoms with Gasteiger partial charge in [-0.15, -0.1) is 0 Å². The summed E-state index contributed by atoms with van der Waals surface area (Å²) in [5.74, 6) is 0.695. The third-order valence-electron chi connectivity index (χ3n) is 4.36. The normalized spacial score (nSPS) is 11.6. The van der Waals surface area contributed by atoms with Gasteiger partial charge in [-0.1, -0.05) is 18.2 Å². The highest BCUT2D eigenvalue weighted by molar-refractivity contribution is 9.10. The van der Waals surface area contributed by atoms with Crippen LogP contribution in [0, 0.1) is 0 Å². The third kappa shape index (κ3) is 7.51. The van der Waals surface area contributed by atoms with Gasteiger partial charge in [0, 0.05) is 0 Å². The molecule has 3 aromatic rings. The standard InChI is InChI=1S/C26H28Br2N4O4/c1-25(2,3)35-23(33)31(21-14-8-12-19(27)29-21)17-10-7-11-18(16-17)32(24(34)36-26(4,5)6)22-15-9-13-20(28)30-22/h7-16H,1-6H3. The number of pyridine rings is 2. The van der Waals surface area contributed by atoms with E-state index in [1.807, 2.05) is 0 Å². The number of carbonyl (C=O) groups is 2. The summed E-state index contributed by atoms with van der Waals surface area (Å²) in [6.07, 6.45) is -1.23. The lowest BCUT2D eigenvalue weighted by Crippen LogP contribution is -2.35. The summed E-state index contributed by atoms with van der Waals surface area (Å²) in [5, 5.41) is 0. The molecule has 0 aliphatic heterocycles. The number of aromatic nitrogens is 2. The van der Waals surface area contributed by atoms with Crippen molar-refractivity contribution in [1.29, 1.82) is 0 Å². The lowest BCUT2D eigenvalue weighted by Gasteiger charge is -2.29. The zero-order chi connectivity index (χ0) is 26.7. The number of rotatable bonds is 4. The van der Waals surface area contributed by atoms with Crippen LogP contribution < -0.4 is 9.80 Å². The molecule has 0 saturated heterocycles. The number of halogens is 2. The van der Waals surface area contributed by atoms with Crippen LogP contribution in [0.2, 0.25) is 0 Å². The maximum absolute atomic E-state index is 13.3. The van der Waals surface area contributed by atoms with Crippen LogP contribution in [0.5, 0.6) is 0 Å². The van der Waals surface area contributed by atoms with Gasteiger partial charge in [0.25, 0.3) is 0 Å². The van der Waals surface area contributed by atoms with Gasteiger partial charge in [-0.2, -0.15) is 0 Å². The van der Waals surface area contributed by atoms with Crippen molar-refractivity contribution in [3.63, 3.8) is 0 Å². The quantitative estimate of drug-likeness (QED) is 0.274. The lowest BCUT2D eigenvalue weighted by molar-refractivity contribution is 0.0588. The highest BCUT2D eigenvalue weighted by atomic mass is 79.9. The number of hydrogen-bond donors (Lipinski definition) is 0. The molecule has 10 heteroatoms. The van der Waals surface area contributed by atoms with Crippen molar-refractivity contribution in [3.8, 4) is 0 Å². The van der Waals surface area contributed by atoms with E-state index < -0.39 is 23.4 Å². The Morgan fingerprint density at radius 1 is 0.667 bits per heavy atom. The fourth-order valence-electron chi connectivity index (χ4n) is 3.09.